The molecule has 2 fully saturated rings. The molecule has 6 heteroatoms. The SMILES string of the molecule is CN(C(=O)CN(Cc1ccccn1)C1CCCNCC1)C1CC1.Cl. The quantitative estimate of drug-likeness (QED) is 0.851. The van der Waals surface area contributed by atoms with E-state index in [1.54, 1.807) is 0 Å². The van der Waals surface area contributed by atoms with E-state index in [2.05, 4.69) is 21.3 Å². The van der Waals surface area contributed by atoms with Crippen LogP contribution in [0.3, 0.4) is 0 Å². The second-order valence-corrected chi connectivity index (χ2v) is 6.80. The minimum absolute atomic E-state index is 0. The number of carbonyl (C=O) groups is 1. The monoisotopic (exact) mass is 352 g/mol. The Bertz CT molecular complexity index is 501. The zero-order chi connectivity index (χ0) is 16.1. The summed E-state index contributed by atoms with van der Waals surface area (Å²) in [4.78, 5) is 21.3. The molecule has 1 N–H and O–H groups in total. The van der Waals surface area contributed by atoms with Crippen LogP contribution in [-0.4, -0.2) is 59.5 Å². The third kappa shape index (κ3) is 5.43. The van der Waals surface area contributed by atoms with Gasteiger partial charge in [0.2, 0.25) is 5.91 Å². The van der Waals surface area contributed by atoms with Gasteiger partial charge in [-0.25, -0.2) is 0 Å². The number of hydrogen-bond acceptors (Lipinski definition) is 4. The van der Waals surface area contributed by atoms with Gasteiger partial charge in [-0.2, -0.15) is 0 Å². The molecule has 0 radical (unpaired) electrons. The van der Waals surface area contributed by atoms with E-state index in [0.29, 0.717) is 18.6 Å². The minimum Gasteiger partial charge on any atom is -0.342 e. The maximum absolute atomic E-state index is 12.6. The largest absolute Gasteiger partial charge is 0.342 e. The molecule has 1 saturated heterocycles. The molecule has 0 aromatic carbocycles. The number of rotatable bonds is 6. The van der Waals surface area contributed by atoms with Crippen molar-refractivity contribution in [3.63, 3.8) is 0 Å². The Morgan fingerprint density at radius 2 is 2.04 bits per heavy atom. The first-order chi connectivity index (χ1) is 11.2. The highest BCUT2D eigenvalue weighted by Gasteiger charge is 2.31. The first kappa shape index (κ1) is 19.2. The van der Waals surface area contributed by atoms with Crippen LogP contribution in [0.25, 0.3) is 0 Å². The minimum atomic E-state index is 0. The molecule has 1 aliphatic carbocycles. The van der Waals surface area contributed by atoms with Crippen LogP contribution >= 0.6 is 12.4 Å². The molecule has 1 aromatic rings. The van der Waals surface area contributed by atoms with Crippen molar-refractivity contribution in [2.24, 2.45) is 0 Å². The summed E-state index contributed by atoms with van der Waals surface area (Å²) in [5.74, 6) is 0.251. The molecule has 1 aliphatic heterocycles. The number of carbonyl (C=O) groups excluding carboxylic acids is 1. The maximum Gasteiger partial charge on any atom is 0.236 e. The fraction of sp³-hybridized carbons (Fsp3) is 0.667. The molecule has 2 aliphatic rings. The number of nitrogens with zero attached hydrogens (tertiary/aromatic N) is 3. The lowest BCUT2D eigenvalue weighted by molar-refractivity contribution is -0.132. The Balaban J connectivity index is 0.00000208. The van der Waals surface area contributed by atoms with E-state index in [-0.39, 0.29) is 18.3 Å². The lowest BCUT2D eigenvalue weighted by Crippen LogP contribution is -2.44. The molecule has 24 heavy (non-hydrogen) atoms. The summed E-state index contributed by atoms with van der Waals surface area (Å²) in [5, 5.41) is 3.46. The van der Waals surface area contributed by atoms with Crippen molar-refractivity contribution in [1.82, 2.24) is 20.1 Å². The Labute approximate surface area is 151 Å². The molecule has 1 unspecified atom stereocenters. The summed E-state index contributed by atoms with van der Waals surface area (Å²) in [6.45, 7) is 3.39. The van der Waals surface area contributed by atoms with Crippen molar-refractivity contribution in [2.75, 3.05) is 26.7 Å². The molecule has 134 valence electrons. The van der Waals surface area contributed by atoms with Gasteiger partial charge < -0.3 is 10.2 Å². The van der Waals surface area contributed by atoms with Crippen LogP contribution in [0.15, 0.2) is 24.4 Å². The summed E-state index contributed by atoms with van der Waals surface area (Å²) in [5.41, 5.74) is 1.05. The number of nitrogens with one attached hydrogen (secondary N) is 1. The van der Waals surface area contributed by atoms with Crippen molar-refractivity contribution in [1.29, 1.82) is 0 Å². The van der Waals surface area contributed by atoms with Crippen LogP contribution in [0.1, 0.15) is 37.8 Å². The molecular formula is C18H29ClN4O. The molecule has 1 amide bonds. The molecule has 1 atom stereocenters. The Hall–Kier alpha value is -1.17. The van der Waals surface area contributed by atoms with E-state index in [4.69, 9.17) is 0 Å². The van der Waals surface area contributed by atoms with Gasteiger partial charge in [0.25, 0.3) is 0 Å². The normalized spacial score (nSPS) is 21.0. The van der Waals surface area contributed by atoms with Gasteiger partial charge in [-0.3, -0.25) is 14.7 Å². The number of hydrogen-bond donors (Lipinski definition) is 1. The number of amides is 1. The topological polar surface area (TPSA) is 48.5 Å². The van der Waals surface area contributed by atoms with E-state index < -0.39 is 0 Å². The Kier molecular flexibility index (Phi) is 7.46. The highest BCUT2D eigenvalue weighted by Crippen LogP contribution is 2.26. The summed E-state index contributed by atoms with van der Waals surface area (Å²) in [6.07, 6.45) is 7.59. The van der Waals surface area contributed by atoms with Gasteiger partial charge in [-0.15, -0.1) is 12.4 Å². The van der Waals surface area contributed by atoms with Gasteiger partial charge in [-0.05, 0) is 57.3 Å². The summed E-state index contributed by atoms with van der Waals surface area (Å²) in [7, 11) is 1.95. The number of pyridine rings is 1. The zero-order valence-corrected chi connectivity index (χ0v) is 15.3. The summed E-state index contributed by atoms with van der Waals surface area (Å²) < 4.78 is 0. The first-order valence-electron chi connectivity index (χ1n) is 8.84. The van der Waals surface area contributed by atoms with Gasteiger partial charge in [0.15, 0.2) is 0 Å². The summed E-state index contributed by atoms with van der Waals surface area (Å²) >= 11 is 0. The molecule has 0 bridgehead atoms. The number of likely N-dealkylation sites (N-methyl/N-ethyl adjacent to an activating group) is 1. The van der Waals surface area contributed by atoms with Crippen molar-refractivity contribution in [3.8, 4) is 0 Å². The van der Waals surface area contributed by atoms with Crippen LogP contribution in [0, 0.1) is 0 Å². The molecule has 2 heterocycles. The van der Waals surface area contributed by atoms with E-state index in [1.165, 1.54) is 6.42 Å². The maximum atomic E-state index is 12.6. The average Bonchev–Trinajstić information content (AvgIpc) is 3.41. The zero-order valence-electron chi connectivity index (χ0n) is 14.5. The van der Waals surface area contributed by atoms with E-state index >= 15 is 0 Å². The first-order valence-corrected chi connectivity index (χ1v) is 8.84. The lowest BCUT2D eigenvalue weighted by atomic mass is 10.1. The number of aromatic nitrogens is 1. The van der Waals surface area contributed by atoms with Crippen LogP contribution in [0.5, 0.6) is 0 Å². The van der Waals surface area contributed by atoms with E-state index in [0.717, 1.165) is 51.0 Å². The van der Waals surface area contributed by atoms with E-state index in [1.807, 2.05) is 30.3 Å². The summed E-state index contributed by atoms with van der Waals surface area (Å²) in [6, 6.07) is 6.96. The second kappa shape index (κ2) is 9.35. The van der Waals surface area contributed by atoms with Crippen molar-refractivity contribution in [2.45, 2.75) is 50.7 Å². The Morgan fingerprint density at radius 3 is 2.75 bits per heavy atom. The predicted molar refractivity (Wildman–Crippen MR) is 98.2 cm³/mol. The third-order valence-corrected chi connectivity index (χ3v) is 4.98. The average molecular weight is 353 g/mol. The standard InChI is InChI=1S/C18H28N4O.ClH/c1-21(16-7-8-16)18(23)14-22(13-15-5-2-3-11-20-15)17-6-4-10-19-12-9-17;/h2-3,5,11,16-17,19H,4,6-10,12-14H2,1H3;1H. The van der Waals surface area contributed by atoms with Gasteiger partial charge >= 0.3 is 0 Å². The fourth-order valence-electron chi connectivity index (χ4n) is 3.33. The third-order valence-electron chi connectivity index (χ3n) is 4.98. The van der Waals surface area contributed by atoms with Crippen LogP contribution in [0.2, 0.25) is 0 Å². The van der Waals surface area contributed by atoms with Crippen molar-refractivity contribution < 1.29 is 4.79 Å². The van der Waals surface area contributed by atoms with Crippen LogP contribution in [0.4, 0.5) is 0 Å². The van der Waals surface area contributed by atoms with Gasteiger partial charge in [0.1, 0.15) is 0 Å². The predicted octanol–water partition coefficient (Wildman–Crippen LogP) is 2.07. The van der Waals surface area contributed by atoms with Crippen LogP contribution < -0.4 is 5.32 Å². The molecular weight excluding hydrogens is 324 g/mol. The van der Waals surface area contributed by atoms with Gasteiger partial charge in [0.05, 0.1) is 12.2 Å². The number of halogens is 1. The smallest absolute Gasteiger partial charge is 0.236 e. The molecule has 5 nitrogen and oxygen atoms in total. The molecule has 0 spiro atoms. The van der Waals surface area contributed by atoms with Crippen molar-refractivity contribution in [3.05, 3.63) is 30.1 Å². The molecule has 1 aromatic heterocycles. The lowest BCUT2D eigenvalue weighted by Gasteiger charge is -2.31. The highest BCUT2D eigenvalue weighted by atomic mass is 35.5. The van der Waals surface area contributed by atoms with Crippen LogP contribution in [-0.2, 0) is 11.3 Å². The van der Waals surface area contributed by atoms with E-state index in [9.17, 15) is 4.79 Å². The highest BCUT2D eigenvalue weighted by molar-refractivity contribution is 5.85. The second-order valence-electron chi connectivity index (χ2n) is 6.80. The molecule has 3 rings (SSSR count). The van der Waals surface area contributed by atoms with Gasteiger partial charge in [0, 0.05) is 31.9 Å². The van der Waals surface area contributed by atoms with Crippen molar-refractivity contribution >= 4 is 18.3 Å². The molecule has 1 saturated carbocycles. The Morgan fingerprint density at radius 1 is 1.21 bits per heavy atom. The fourth-order valence-corrected chi connectivity index (χ4v) is 3.33. The van der Waals surface area contributed by atoms with Gasteiger partial charge in [-0.1, -0.05) is 6.07 Å².